The van der Waals surface area contributed by atoms with E-state index >= 15 is 0 Å². The standard InChI is InChI=1S/C26H37O7P/c1-2-34(27,19-12-6-3-7-13-19)33-22-21(20-18-28-25(30-20)14-8-4-9-15-25)29-24-23(22)31-26(32-24)16-10-5-11-17-26/h3,6-7,12-13,20-24H,2,4-5,8-11,14-18H2,1H3/t20-,21+,22-,23+,24+,34+/m0/s1. The normalized spacial score (nSPS) is 38.2. The van der Waals surface area contributed by atoms with Gasteiger partial charge >= 0.3 is 0 Å². The van der Waals surface area contributed by atoms with Crippen molar-refractivity contribution in [3.63, 3.8) is 0 Å². The second-order valence-electron chi connectivity index (χ2n) is 10.5. The summed E-state index contributed by atoms with van der Waals surface area (Å²) in [4.78, 5) is 0. The van der Waals surface area contributed by atoms with Crippen molar-refractivity contribution in [2.45, 2.75) is 113 Å². The van der Waals surface area contributed by atoms with Crippen LogP contribution in [0.1, 0.15) is 71.1 Å². The van der Waals surface area contributed by atoms with Crippen molar-refractivity contribution in [3.05, 3.63) is 30.3 Å². The van der Waals surface area contributed by atoms with E-state index in [4.69, 9.17) is 28.2 Å². The highest BCUT2D eigenvalue weighted by atomic mass is 31.2. The highest BCUT2D eigenvalue weighted by Crippen LogP contribution is 2.54. The molecular formula is C26H37O7P. The van der Waals surface area contributed by atoms with E-state index in [-0.39, 0.29) is 6.10 Å². The van der Waals surface area contributed by atoms with Gasteiger partial charge in [0.15, 0.2) is 17.9 Å². The van der Waals surface area contributed by atoms with Crippen LogP contribution in [0.5, 0.6) is 0 Å². The lowest BCUT2D eigenvalue weighted by atomic mass is 9.94. The smallest absolute Gasteiger partial charge is 0.232 e. The third-order valence-corrected chi connectivity index (χ3v) is 10.7. The Morgan fingerprint density at radius 1 is 0.882 bits per heavy atom. The molecule has 2 aliphatic carbocycles. The molecule has 2 spiro atoms. The van der Waals surface area contributed by atoms with Crippen LogP contribution in [0.2, 0.25) is 0 Å². The van der Waals surface area contributed by atoms with Gasteiger partial charge in [0.25, 0.3) is 0 Å². The van der Waals surface area contributed by atoms with Crippen LogP contribution in [-0.2, 0) is 32.8 Å². The molecule has 0 bridgehead atoms. The molecule has 8 heteroatoms. The van der Waals surface area contributed by atoms with Crippen LogP contribution in [0, 0.1) is 0 Å². The number of ether oxygens (including phenoxy) is 5. The maximum Gasteiger partial charge on any atom is 0.232 e. The van der Waals surface area contributed by atoms with Gasteiger partial charge in [-0.1, -0.05) is 38.0 Å². The molecule has 0 amide bonds. The first-order valence-corrected chi connectivity index (χ1v) is 15.0. The number of hydrogen-bond donors (Lipinski definition) is 0. The first-order chi connectivity index (χ1) is 16.5. The lowest BCUT2D eigenvalue weighted by Gasteiger charge is -2.36. The summed E-state index contributed by atoms with van der Waals surface area (Å²) < 4.78 is 52.9. The molecule has 0 unspecified atom stereocenters. The Morgan fingerprint density at radius 2 is 1.56 bits per heavy atom. The van der Waals surface area contributed by atoms with Crippen molar-refractivity contribution in [1.29, 1.82) is 0 Å². The van der Waals surface area contributed by atoms with Gasteiger partial charge in [0.05, 0.1) is 6.61 Å². The van der Waals surface area contributed by atoms with Crippen molar-refractivity contribution in [1.82, 2.24) is 0 Å². The van der Waals surface area contributed by atoms with Crippen molar-refractivity contribution < 1.29 is 32.8 Å². The average Bonchev–Trinajstić information content (AvgIpc) is 3.52. The van der Waals surface area contributed by atoms with Crippen LogP contribution in [0.3, 0.4) is 0 Å². The molecule has 5 fully saturated rings. The van der Waals surface area contributed by atoms with Crippen LogP contribution in [0.25, 0.3) is 0 Å². The van der Waals surface area contributed by atoms with E-state index in [1.165, 1.54) is 12.8 Å². The fourth-order valence-corrected chi connectivity index (χ4v) is 8.26. The Morgan fingerprint density at radius 3 is 2.24 bits per heavy atom. The van der Waals surface area contributed by atoms with Gasteiger partial charge in [-0.05, 0) is 37.8 Å². The van der Waals surface area contributed by atoms with Gasteiger partial charge < -0.3 is 28.2 Å². The van der Waals surface area contributed by atoms with Crippen LogP contribution < -0.4 is 5.30 Å². The van der Waals surface area contributed by atoms with Gasteiger partial charge in [0.1, 0.15) is 24.4 Å². The van der Waals surface area contributed by atoms with E-state index in [0.29, 0.717) is 12.8 Å². The van der Waals surface area contributed by atoms with Gasteiger partial charge in [-0.25, -0.2) is 0 Å². The molecule has 34 heavy (non-hydrogen) atoms. The topological polar surface area (TPSA) is 72.5 Å². The summed E-state index contributed by atoms with van der Waals surface area (Å²) in [5.41, 5.74) is 0. The number of fused-ring (bicyclic) bond motifs is 1. The van der Waals surface area contributed by atoms with E-state index in [2.05, 4.69) is 0 Å². The van der Waals surface area contributed by atoms with Crippen LogP contribution in [0.15, 0.2) is 30.3 Å². The third kappa shape index (κ3) is 4.21. The Bertz CT molecular complexity index is 896. The third-order valence-electron chi connectivity index (χ3n) is 8.22. The molecule has 1 aromatic carbocycles. The maximum absolute atomic E-state index is 14.1. The van der Waals surface area contributed by atoms with Gasteiger partial charge in [-0.15, -0.1) is 0 Å². The predicted molar refractivity (Wildman–Crippen MR) is 126 cm³/mol. The Balaban J connectivity index is 1.27. The first-order valence-electron chi connectivity index (χ1n) is 13.2. The summed E-state index contributed by atoms with van der Waals surface area (Å²) in [6.07, 6.45) is 8.43. The minimum Gasteiger partial charge on any atom is -0.347 e. The van der Waals surface area contributed by atoms with Gasteiger partial charge in [0.2, 0.25) is 7.37 Å². The molecule has 3 aliphatic heterocycles. The quantitative estimate of drug-likeness (QED) is 0.543. The zero-order chi connectivity index (χ0) is 23.2. The number of hydrogen-bond acceptors (Lipinski definition) is 7. The first kappa shape index (κ1) is 23.6. The van der Waals surface area contributed by atoms with Crippen LogP contribution in [0.4, 0.5) is 0 Å². The Labute approximate surface area is 202 Å². The SMILES string of the molecule is CC[P@@](=O)(O[C@@H]1[C@H]2OC3(CCCCC3)O[C@H]2O[C@@H]1[C@@H]1COC2(CCCCC2)O1)c1ccccc1. The second-order valence-corrected chi connectivity index (χ2v) is 13.2. The molecule has 2 saturated carbocycles. The average molecular weight is 493 g/mol. The van der Waals surface area contributed by atoms with Gasteiger partial charge in [-0.3, -0.25) is 4.57 Å². The summed E-state index contributed by atoms with van der Waals surface area (Å²) in [5.74, 6) is -1.13. The van der Waals surface area contributed by atoms with Crippen molar-refractivity contribution in [3.8, 4) is 0 Å². The minimum absolute atomic E-state index is 0.302. The molecule has 188 valence electrons. The molecule has 7 nitrogen and oxygen atoms in total. The zero-order valence-electron chi connectivity index (χ0n) is 20.1. The summed E-state index contributed by atoms with van der Waals surface area (Å²) >= 11 is 0. The predicted octanol–water partition coefficient (Wildman–Crippen LogP) is 4.87. The van der Waals surface area contributed by atoms with Gasteiger partial charge in [0, 0.05) is 37.1 Å². The second kappa shape index (κ2) is 9.26. The van der Waals surface area contributed by atoms with Crippen LogP contribution in [-0.4, -0.2) is 55.0 Å². The summed E-state index contributed by atoms with van der Waals surface area (Å²) in [5, 5.41) is 0.721. The van der Waals surface area contributed by atoms with E-state index in [0.717, 1.165) is 56.7 Å². The monoisotopic (exact) mass is 492 g/mol. The fraction of sp³-hybridized carbons (Fsp3) is 0.769. The molecule has 0 aromatic heterocycles. The van der Waals surface area contributed by atoms with E-state index in [1.54, 1.807) is 0 Å². The van der Waals surface area contributed by atoms with Crippen molar-refractivity contribution >= 4 is 12.7 Å². The van der Waals surface area contributed by atoms with Crippen molar-refractivity contribution in [2.75, 3.05) is 12.8 Å². The van der Waals surface area contributed by atoms with Gasteiger partial charge in [-0.2, -0.15) is 0 Å². The lowest BCUT2D eigenvalue weighted by Crippen LogP contribution is -2.46. The minimum atomic E-state index is -3.13. The molecule has 6 atom stereocenters. The summed E-state index contributed by atoms with van der Waals surface area (Å²) in [7, 11) is -3.13. The molecular weight excluding hydrogens is 455 g/mol. The highest BCUT2D eigenvalue weighted by molar-refractivity contribution is 7.66. The van der Waals surface area contributed by atoms with Crippen molar-refractivity contribution in [2.24, 2.45) is 0 Å². The largest absolute Gasteiger partial charge is 0.347 e. The molecule has 6 rings (SSSR count). The van der Waals surface area contributed by atoms with E-state index < -0.39 is 43.5 Å². The molecule has 3 heterocycles. The van der Waals surface area contributed by atoms with E-state index in [1.807, 2.05) is 37.3 Å². The summed E-state index contributed by atoms with van der Waals surface area (Å²) in [6, 6.07) is 9.49. The zero-order valence-corrected chi connectivity index (χ0v) is 21.0. The fourth-order valence-electron chi connectivity index (χ4n) is 6.36. The summed E-state index contributed by atoms with van der Waals surface area (Å²) in [6.45, 7) is 2.35. The lowest BCUT2D eigenvalue weighted by molar-refractivity contribution is -0.258. The van der Waals surface area contributed by atoms with Crippen LogP contribution >= 0.6 is 7.37 Å². The molecule has 1 aromatic rings. The van der Waals surface area contributed by atoms with E-state index in [9.17, 15) is 4.57 Å². The Kier molecular flexibility index (Phi) is 6.43. The molecule has 0 radical (unpaired) electrons. The molecule has 0 N–H and O–H groups in total. The molecule has 5 aliphatic rings. The number of benzene rings is 1. The highest BCUT2D eigenvalue weighted by Gasteiger charge is 2.62. The Hall–Kier alpha value is -0.790. The maximum atomic E-state index is 14.1. The molecule has 3 saturated heterocycles. The number of rotatable bonds is 5.